The third-order valence-corrected chi connectivity index (χ3v) is 1.49. The van der Waals surface area contributed by atoms with Crippen LogP contribution in [0.25, 0.3) is 0 Å². The highest BCUT2D eigenvalue weighted by Crippen LogP contribution is 2.13. The van der Waals surface area contributed by atoms with Crippen LogP contribution in [0.4, 0.5) is 5.69 Å². The molecule has 1 N–H and O–H groups in total. The maximum Gasteiger partial charge on any atom is 0.211 e. The molecule has 0 bridgehead atoms. The van der Waals surface area contributed by atoms with Gasteiger partial charge in [-0.15, -0.1) is 0 Å². The number of hydrogen-bond donors (Lipinski definition) is 1. The van der Waals surface area contributed by atoms with Gasteiger partial charge < -0.3 is 5.32 Å². The predicted molar refractivity (Wildman–Crippen MR) is 45.5 cm³/mol. The molecule has 0 heterocycles. The van der Waals surface area contributed by atoms with E-state index in [1.807, 2.05) is 6.07 Å². The first kappa shape index (κ1) is 8.46. The fourth-order valence-corrected chi connectivity index (χ4v) is 0.957. The summed E-state index contributed by atoms with van der Waals surface area (Å²) in [6.45, 7) is 0. The number of anilines is 1. The van der Waals surface area contributed by atoms with Crippen LogP contribution in [-0.4, -0.2) is 12.7 Å². The lowest BCUT2D eigenvalue weighted by atomic mass is 10.1. The third-order valence-electron chi connectivity index (χ3n) is 1.49. The average molecular weight is 162 g/mol. The quantitative estimate of drug-likeness (QED) is 0.669. The summed E-state index contributed by atoms with van der Waals surface area (Å²) in [5.74, 6) is 0. The van der Waals surface area contributed by atoms with Gasteiger partial charge in [0.1, 0.15) is 0 Å². The van der Waals surface area contributed by atoms with Gasteiger partial charge in [-0.05, 0) is 11.6 Å². The number of hydrogen-bond acceptors (Lipinski definition) is 2. The largest absolute Gasteiger partial charge is 0.328 e. The maximum atomic E-state index is 10.1. The van der Waals surface area contributed by atoms with Crippen molar-refractivity contribution in [1.82, 2.24) is 0 Å². The van der Waals surface area contributed by atoms with Gasteiger partial charge >= 0.3 is 0 Å². The van der Waals surface area contributed by atoms with E-state index in [-0.39, 0.29) is 6.42 Å². The van der Waals surface area contributed by atoms with Crippen LogP contribution < -0.4 is 5.32 Å². The highest BCUT2D eigenvalue weighted by Gasteiger charge is 1.98. The van der Waals surface area contributed by atoms with Crippen molar-refractivity contribution in [3.63, 3.8) is 0 Å². The van der Waals surface area contributed by atoms with Crippen LogP contribution in [-0.2, 0) is 16.0 Å². The van der Waals surface area contributed by atoms with Gasteiger partial charge in [0.25, 0.3) is 0 Å². The lowest BCUT2D eigenvalue weighted by Crippen LogP contribution is -1.98. The van der Waals surface area contributed by atoms with Crippen LogP contribution in [0.1, 0.15) is 5.56 Å². The topological polar surface area (TPSA) is 46.2 Å². The zero-order valence-corrected chi connectivity index (χ0v) is 6.41. The van der Waals surface area contributed by atoms with E-state index in [4.69, 9.17) is 0 Å². The molecule has 0 aliphatic rings. The molecule has 0 spiro atoms. The van der Waals surface area contributed by atoms with Crippen LogP contribution in [0.3, 0.4) is 0 Å². The molecule has 1 aromatic carbocycles. The lowest BCUT2D eigenvalue weighted by molar-refractivity contribution is -0.105. The Morgan fingerprint density at radius 2 is 2.17 bits per heavy atom. The van der Waals surface area contributed by atoms with E-state index in [2.05, 4.69) is 5.32 Å². The Balaban J connectivity index is 2.90. The molecule has 61 valence electrons. The summed E-state index contributed by atoms with van der Waals surface area (Å²) in [7, 11) is 0. The maximum absolute atomic E-state index is 10.1. The highest BCUT2D eigenvalue weighted by atomic mass is 16.1. The predicted octanol–water partition coefficient (Wildman–Crippen LogP) is 0.907. The van der Waals surface area contributed by atoms with E-state index in [9.17, 15) is 9.59 Å². The Kier molecular flexibility index (Phi) is 3.02. The van der Waals surface area contributed by atoms with Crippen LogP contribution in [0.2, 0.25) is 0 Å². The fraction of sp³-hybridized carbons (Fsp3) is 0.111. The highest BCUT2D eigenvalue weighted by molar-refractivity contribution is 5.75. The van der Waals surface area contributed by atoms with Gasteiger partial charge in [0.2, 0.25) is 12.7 Å². The number of carbonyl (C=O) groups is 1. The molecule has 0 saturated heterocycles. The minimum atomic E-state index is 0.205. The van der Waals surface area contributed by atoms with Crippen molar-refractivity contribution in [2.24, 2.45) is 0 Å². The van der Waals surface area contributed by atoms with Crippen LogP contribution in [0, 0.1) is 0 Å². The number of carbonyl (C=O) groups excluding carboxylic acids is 2. The molecule has 3 heteroatoms. The average Bonchev–Trinajstić information content (AvgIpc) is 2.09. The van der Waals surface area contributed by atoms with Gasteiger partial charge in [0.05, 0.1) is 0 Å². The summed E-state index contributed by atoms with van der Waals surface area (Å²) < 4.78 is 0. The van der Waals surface area contributed by atoms with Gasteiger partial charge in [-0.2, -0.15) is 0 Å². The summed E-state index contributed by atoms with van der Waals surface area (Å²) in [6.07, 6.45) is 2.57. The van der Waals surface area contributed by atoms with Crippen molar-refractivity contribution < 1.29 is 9.59 Å². The number of rotatable bonds is 4. The second kappa shape index (κ2) is 4.28. The minimum Gasteiger partial charge on any atom is -0.328 e. The molecule has 12 heavy (non-hydrogen) atoms. The zero-order chi connectivity index (χ0) is 8.81. The van der Waals surface area contributed by atoms with Gasteiger partial charge in [-0.3, -0.25) is 9.59 Å². The Hall–Kier alpha value is -1.64. The first-order valence-electron chi connectivity index (χ1n) is 3.51. The van der Waals surface area contributed by atoms with E-state index in [1.165, 1.54) is 0 Å². The van der Waals surface area contributed by atoms with E-state index < -0.39 is 0 Å². The molecule has 0 aliphatic carbocycles. The van der Waals surface area contributed by atoms with Gasteiger partial charge in [-0.1, -0.05) is 18.2 Å². The van der Waals surface area contributed by atoms with E-state index in [0.29, 0.717) is 12.1 Å². The summed E-state index contributed by atoms with van der Waals surface area (Å²) in [6, 6.07) is 7.11. The van der Waals surface area contributed by atoms with Crippen LogP contribution >= 0.6 is 0 Å². The molecule has 0 aliphatic heterocycles. The monoisotopic (exact) mass is 162 g/mol. The molecule has 0 saturated carbocycles. The first-order chi connectivity index (χ1) is 5.88. The zero-order valence-electron chi connectivity index (χ0n) is 6.41. The van der Waals surface area contributed by atoms with E-state index in [0.717, 1.165) is 5.56 Å². The Morgan fingerprint density at radius 3 is 2.83 bits per heavy atom. The van der Waals surface area contributed by atoms with Crippen LogP contribution in [0.5, 0.6) is 0 Å². The second-order valence-corrected chi connectivity index (χ2v) is 2.24. The molecular weight excluding hydrogens is 154 g/mol. The summed E-state index contributed by atoms with van der Waals surface area (Å²) in [5.41, 5.74) is 1.44. The van der Waals surface area contributed by atoms with Gasteiger partial charge in [-0.25, -0.2) is 0 Å². The van der Waals surface area contributed by atoms with Crippen molar-refractivity contribution in [2.45, 2.75) is 6.42 Å². The third kappa shape index (κ3) is 1.92. The molecule has 3 nitrogen and oxygen atoms in total. The molecule has 0 unspecified atom stereocenters. The van der Waals surface area contributed by atoms with E-state index >= 15 is 0 Å². The number of para-hydroxylation sites is 1. The molecular formula is C9H8NO2. The number of benzene rings is 1. The Bertz CT molecular complexity index is 255. The van der Waals surface area contributed by atoms with Gasteiger partial charge in [0.15, 0.2) is 0 Å². The van der Waals surface area contributed by atoms with Crippen LogP contribution in [0.15, 0.2) is 24.3 Å². The second-order valence-electron chi connectivity index (χ2n) is 2.24. The first-order valence-corrected chi connectivity index (χ1v) is 3.51. The van der Waals surface area contributed by atoms with Crippen molar-refractivity contribution >= 4 is 18.4 Å². The van der Waals surface area contributed by atoms with E-state index in [1.54, 1.807) is 24.5 Å². The molecule has 1 radical (unpaired) electrons. The molecule has 0 fully saturated rings. The molecule has 0 aromatic heterocycles. The van der Waals surface area contributed by atoms with Crippen molar-refractivity contribution in [2.75, 3.05) is 5.32 Å². The number of amides is 1. The lowest BCUT2D eigenvalue weighted by Gasteiger charge is -2.02. The molecule has 1 amide bonds. The SMILES string of the molecule is O=[C]Cc1ccccc1NC=O. The number of nitrogens with one attached hydrogen (secondary N) is 1. The smallest absolute Gasteiger partial charge is 0.211 e. The summed E-state index contributed by atoms with van der Waals surface area (Å²) >= 11 is 0. The van der Waals surface area contributed by atoms with Crippen molar-refractivity contribution in [3.05, 3.63) is 29.8 Å². The van der Waals surface area contributed by atoms with Crippen molar-refractivity contribution in [3.8, 4) is 0 Å². The Labute approximate surface area is 70.4 Å². The standard InChI is InChI=1S/C9H8NO2/c11-6-5-8-3-1-2-4-9(8)10-7-12/h1-4,7H,5H2,(H,10,12). The van der Waals surface area contributed by atoms with Crippen molar-refractivity contribution in [1.29, 1.82) is 0 Å². The fourth-order valence-electron chi connectivity index (χ4n) is 0.957. The molecule has 1 aromatic rings. The summed E-state index contributed by atoms with van der Waals surface area (Å²) in [4.78, 5) is 20.2. The molecule has 1 rings (SSSR count). The minimum absolute atomic E-state index is 0.205. The Morgan fingerprint density at radius 1 is 1.42 bits per heavy atom. The molecule has 0 atom stereocenters. The van der Waals surface area contributed by atoms with Gasteiger partial charge in [0, 0.05) is 12.1 Å². The summed E-state index contributed by atoms with van der Waals surface area (Å²) in [5, 5.41) is 2.50. The normalized spacial score (nSPS) is 9.00.